The number of fused-ring (bicyclic) bond motifs is 1. The molecule has 5 nitrogen and oxygen atoms in total. The molecule has 5 rings (SSSR count). The summed E-state index contributed by atoms with van der Waals surface area (Å²) >= 11 is 3.59. The van der Waals surface area contributed by atoms with Crippen LogP contribution < -0.4 is 4.74 Å². The second kappa shape index (κ2) is 12.3. The van der Waals surface area contributed by atoms with Gasteiger partial charge in [0.2, 0.25) is 0 Å². The Morgan fingerprint density at radius 1 is 0.897 bits per heavy atom. The largest absolute Gasteiger partial charge is 0.489 e. The fraction of sp³-hybridized carbons (Fsp3) is 0.212. The van der Waals surface area contributed by atoms with Gasteiger partial charge in [-0.25, -0.2) is 4.98 Å². The quantitative estimate of drug-likeness (QED) is 0.174. The van der Waals surface area contributed by atoms with Crippen LogP contribution in [-0.4, -0.2) is 20.6 Å². The lowest BCUT2D eigenvalue weighted by Crippen LogP contribution is -2.08. The molecule has 0 bridgehead atoms. The lowest BCUT2D eigenvalue weighted by atomic mass is 9.98. The zero-order valence-corrected chi connectivity index (χ0v) is 23.5. The predicted molar refractivity (Wildman–Crippen MR) is 158 cm³/mol. The zero-order chi connectivity index (χ0) is 27.2. The summed E-state index contributed by atoms with van der Waals surface area (Å²) in [5, 5.41) is 9.05. The highest BCUT2D eigenvalue weighted by molar-refractivity contribution is 9.10. The molecule has 0 aliphatic heterocycles. The van der Waals surface area contributed by atoms with Gasteiger partial charge in [0, 0.05) is 22.9 Å². The number of rotatable bonds is 11. The van der Waals surface area contributed by atoms with Gasteiger partial charge in [0.25, 0.3) is 0 Å². The first kappa shape index (κ1) is 26.7. The molecule has 4 aromatic carbocycles. The topological polar surface area (TPSA) is 64.4 Å². The van der Waals surface area contributed by atoms with Crippen LogP contribution in [0.2, 0.25) is 0 Å². The van der Waals surface area contributed by atoms with E-state index in [4.69, 9.17) is 14.8 Å². The van der Waals surface area contributed by atoms with Crippen LogP contribution >= 0.6 is 15.9 Å². The number of imidazole rings is 1. The Balaban J connectivity index is 1.39. The Morgan fingerprint density at radius 2 is 1.69 bits per heavy atom. The Bertz CT molecular complexity index is 1590. The van der Waals surface area contributed by atoms with Crippen molar-refractivity contribution in [3.63, 3.8) is 0 Å². The van der Waals surface area contributed by atoms with Crippen LogP contribution in [-0.2, 0) is 37.2 Å². The van der Waals surface area contributed by atoms with Crippen LogP contribution in [0.1, 0.15) is 47.0 Å². The van der Waals surface area contributed by atoms with E-state index in [0.29, 0.717) is 19.6 Å². The van der Waals surface area contributed by atoms with E-state index < -0.39 is 5.97 Å². The highest BCUT2D eigenvalue weighted by Crippen LogP contribution is 2.27. The van der Waals surface area contributed by atoms with E-state index in [2.05, 4.69) is 82.0 Å². The third kappa shape index (κ3) is 6.58. The number of carboxylic acid groups (broad SMARTS) is 1. The number of benzene rings is 4. The van der Waals surface area contributed by atoms with Gasteiger partial charge in [-0.05, 0) is 59.4 Å². The Hall–Kier alpha value is -3.90. The van der Waals surface area contributed by atoms with Crippen LogP contribution in [0.3, 0.4) is 0 Å². The monoisotopic (exact) mass is 582 g/mol. The number of halogens is 1. The molecule has 0 spiro atoms. The smallest absolute Gasteiger partial charge is 0.303 e. The van der Waals surface area contributed by atoms with Crippen molar-refractivity contribution in [3.05, 3.63) is 129 Å². The van der Waals surface area contributed by atoms with E-state index >= 15 is 0 Å². The van der Waals surface area contributed by atoms with Gasteiger partial charge in [-0.2, -0.15) is 0 Å². The number of carboxylic acids is 1. The first-order valence-electron chi connectivity index (χ1n) is 13.2. The Labute approximate surface area is 237 Å². The van der Waals surface area contributed by atoms with Crippen molar-refractivity contribution in [1.29, 1.82) is 0 Å². The summed E-state index contributed by atoms with van der Waals surface area (Å²) in [5.74, 6) is 1.08. The molecule has 1 heterocycles. The van der Waals surface area contributed by atoms with Gasteiger partial charge in [-0.3, -0.25) is 4.79 Å². The average molecular weight is 584 g/mol. The molecule has 0 amide bonds. The van der Waals surface area contributed by atoms with Crippen LogP contribution in [0.25, 0.3) is 11.0 Å². The summed E-state index contributed by atoms with van der Waals surface area (Å²) in [6.45, 7) is 3.18. The molecule has 6 heteroatoms. The summed E-state index contributed by atoms with van der Waals surface area (Å²) in [4.78, 5) is 16.0. The molecule has 0 radical (unpaired) electrons. The van der Waals surface area contributed by atoms with Gasteiger partial charge in [-0.1, -0.05) is 89.6 Å². The summed E-state index contributed by atoms with van der Waals surface area (Å²) in [7, 11) is 0. The molecule has 0 aliphatic carbocycles. The first-order valence-corrected chi connectivity index (χ1v) is 14.0. The second-order valence-corrected chi connectivity index (χ2v) is 10.6. The summed E-state index contributed by atoms with van der Waals surface area (Å²) in [6, 6.07) is 31.0. The maximum absolute atomic E-state index is 11.0. The minimum absolute atomic E-state index is 0.141. The molecule has 0 saturated heterocycles. The first-order chi connectivity index (χ1) is 19.0. The summed E-state index contributed by atoms with van der Waals surface area (Å²) in [5.41, 5.74) is 7.69. The molecule has 5 aromatic rings. The van der Waals surface area contributed by atoms with Gasteiger partial charge >= 0.3 is 5.97 Å². The number of hydrogen-bond donors (Lipinski definition) is 1. The van der Waals surface area contributed by atoms with E-state index in [9.17, 15) is 4.79 Å². The van der Waals surface area contributed by atoms with Crippen molar-refractivity contribution < 1.29 is 14.6 Å². The molecule has 0 unspecified atom stereocenters. The second-order valence-electron chi connectivity index (χ2n) is 9.66. The molecule has 0 saturated carbocycles. The Kier molecular flexibility index (Phi) is 8.42. The molecule has 0 fully saturated rings. The third-order valence-corrected chi connectivity index (χ3v) is 7.44. The number of aryl methyl sites for hydroxylation is 2. The third-order valence-electron chi connectivity index (χ3n) is 6.95. The number of aliphatic carboxylic acids is 1. The zero-order valence-electron chi connectivity index (χ0n) is 21.9. The number of ether oxygens (including phenoxy) is 1. The van der Waals surface area contributed by atoms with Crippen molar-refractivity contribution >= 4 is 32.9 Å². The summed E-state index contributed by atoms with van der Waals surface area (Å²) < 4.78 is 9.65. The van der Waals surface area contributed by atoms with Crippen molar-refractivity contribution in [1.82, 2.24) is 9.55 Å². The maximum Gasteiger partial charge on any atom is 0.303 e. The highest BCUT2D eigenvalue weighted by Gasteiger charge is 2.15. The van der Waals surface area contributed by atoms with Crippen molar-refractivity contribution in [2.75, 3.05) is 0 Å². The van der Waals surface area contributed by atoms with E-state index in [1.54, 1.807) is 0 Å². The van der Waals surface area contributed by atoms with Gasteiger partial charge in [0.1, 0.15) is 18.2 Å². The number of hydrogen-bond acceptors (Lipinski definition) is 3. The van der Waals surface area contributed by atoms with Gasteiger partial charge in [-0.15, -0.1) is 0 Å². The fourth-order valence-electron chi connectivity index (χ4n) is 4.93. The molecular formula is C33H31BrN2O3. The predicted octanol–water partition coefficient (Wildman–Crippen LogP) is 7.60. The number of carbonyl (C=O) groups is 1. The summed E-state index contributed by atoms with van der Waals surface area (Å²) in [6.07, 6.45) is 2.28. The van der Waals surface area contributed by atoms with Crippen LogP contribution in [0.5, 0.6) is 5.75 Å². The number of aromatic nitrogens is 2. The minimum Gasteiger partial charge on any atom is -0.489 e. The maximum atomic E-state index is 11.0. The van der Waals surface area contributed by atoms with Crippen LogP contribution in [0.15, 0.2) is 95.5 Å². The highest BCUT2D eigenvalue weighted by atomic mass is 79.9. The Morgan fingerprint density at radius 3 is 2.49 bits per heavy atom. The van der Waals surface area contributed by atoms with Crippen LogP contribution in [0, 0.1) is 0 Å². The molecular weight excluding hydrogens is 552 g/mol. The number of nitrogens with zero attached hydrogens (tertiary/aromatic N) is 2. The molecule has 1 aromatic heterocycles. The normalized spacial score (nSPS) is 11.1. The van der Waals surface area contributed by atoms with E-state index in [-0.39, 0.29) is 6.42 Å². The minimum atomic E-state index is -0.772. The van der Waals surface area contributed by atoms with E-state index in [1.807, 2.05) is 36.4 Å². The lowest BCUT2D eigenvalue weighted by molar-refractivity contribution is -0.136. The van der Waals surface area contributed by atoms with Gasteiger partial charge in [0.05, 0.1) is 17.6 Å². The van der Waals surface area contributed by atoms with E-state index in [0.717, 1.165) is 56.6 Å². The SMILES string of the molecule is CCc1cc(COc2ccccc2Cn2c(Cc3ccccc3)nc3cc(Br)ccc32)ccc1CCC(=O)O. The molecule has 198 valence electrons. The standard InChI is InChI=1S/C33H31BrN2O3/c1-2-25-18-24(12-13-26(25)14-17-33(37)38)22-39-31-11-7-6-10-27(31)21-36-30-16-15-28(34)20-29(30)35-32(36)19-23-8-4-3-5-9-23/h3-13,15-16,18,20H,2,14,17,19,21-22H2,1H3,(H,37,38). The van der Waals surface area contributed by atoms with Gasteiger partial charge < -0.3 is 14.4 Å². The molecule has 0 aliphatic rings. The van der Waals surface area contributed by atoms with Crippen molar-refractivity contribution in [3.8, 4) is 5.75 Å². The van der Waals surface area contributed by atoms with Crippen molar-refractivity contribution in [2.45, 2.75) is 45.8 Å². The molecule has 1 N–H and O–H groups in total. The molecule has 0 atom stereocenters. The van der Waals surface area contributed by atoms with Gasteiger partial charge in [0.15, 0.2) is 0 Å². The average Bonchev–Trinajstić information content (AvgIpc) is 3.27. The van der Waals surface area contributed by atoms with Crippen LogP contribution in [0.4, 0.5) is 0 Å². The van der Waals surface area contributed by atoms with Crippen molar-refractivity contribution in [2.24, 2.45) is 0 Å². The lowest BCUT2D eigenvalue weighted by Gasteiger charge is -2.15. The van der Waals surface area contributed by atoms with E-state index in [1.165, 1.54) is 11.1 Å². The fourth-order valence-corrected chi connectivity index (χ4v) is 5.28. The number of para-hydroxylation sites is 1. The molecule has 39 heavy (non-hydrogen) atoms.